The van der Waals surface area contributed by atoms with Crippen molar-refractivity contribution in [3.63, 3.8) is 0 Å². The summed E-state index contributed by atoms with van der Waals surface area (Å²) in [7, 11) is 0. The van der Waals surface area contributed by atoms with E-state index in [1.165, 1.54) is 50.6 Å². The number of carbonyl (C=O) groups is 1. The van der Waals surface area contributed by atoms with E-state index in [9.17, 15) is 4.79 Å². The van der Waals surface area contributed by atoms with Gasteiger partial charge in [0.15, 0.2) is 0 Å². The molecule has 39 heavy (non-hydrogen) atoms. The zero-order chi connectivity index (χ0) is 28.6. The highest BCUT2D eigenvalue weighted by molar-refractivity contribution is 5.75. The molecule has 0 heterocycles. The van der Waals surface area contributed by atoms with Crippen molar-refractivity contribution in [1.29, 1.82) is 0 Å². The minimum atomic E-state index is 0.0444. The van der Waals surface area contributed by atoms with Gasteiger partial charge in [-0.25, -0.2) is 0 Å². The number of hydrogen-bond acceptors (Lipinski definition) is 7. The quantitative estimate of drug-likeness (QED) is 0.122. The molecule has 1 aliphatic carbocycles. The van der Waals surface area contributed by atoms with Gasteiger partial charge in [0.2, 0.25) is 5.91 Å². The van der Waals surface area contributed by atoms with Crippen LogP contribution in [0.3, 0.4) is 0 Å². The van der Waals surface area contributed by atoms with Crippen LogP contribution in [0.2, 0.25) is 0 Å². The van der Waals surface area contributed by atoms with Gasteiger partial charge < -0.3 is 34.9 Å². The molecule has 1 fully saturated rings. The first kappa shape index (κ1) is 35.4. The van der Waals surface area contributed by atoms with Crippen LogP contribution in [0.4, 0.5) is 0 Å². The molecule has 0 spiro atoms. The molecule has 0 aromatic carbocycles. The molecule has 0 aliphatic heterocycles. The highest BCUT2D eigenvalue weighted by Crippen LogP contribution is 2.30. The van der Waals surface area contributed by atoms with Gasteiger partial charge in [0.1, 0.15) is 0 Å². The minimum absolute atomic E-state index is 0.0444. The normalized spacial score (nSPS) is 13.7. The number of carbonyl (C=O) groups excluding carboxylic acids is 1. The summed E-state index contributed by atoms with van der Waals surface area (Å²) in [6.45, 7) is 18.6. The lowest BCUT2D eigenvalue weighted by molar-refractivity contribution is -0.121. The van der Waals surface area contributed by atoms with Gasteiger partial charge in [-0.1, -0.05) is 52.7 Å². The van der Waals surface area contributed by atoms with Crippen LogP contribution in [0.1, 0.15) is 91.9 Å². The molecule has 0 aromatic heterocycles. The number of amides is 1. The first-order chi connectivity index (χ1) is 19.0. The lowest BCUT2D eigenvalue weighted by Crippen LogP contribution is -2.32. The SMILES string of the molecule is C=C(CC)NC(CCCCCC(NCCOCCOCCOCCOCCNC(=O)CC)=C1CCC1)C(C)C. The van der Waals surface area contributed by atoms with E-state index in [2.05, 4.69) is 43.3 Å². The monoisotopic (exact) mass is 553 g/mol. The molecule has 0 bridgehead atoms. The molecule has 8 nitrogen and oxygen atoms in total. The van der Waals surface area contributed by atoms with E-state index in [1.807, 2.05) is 6.92 Å². The molecule has 228 valence electrons. The van der Waals surface area contributed by atoms with E-state index in [1.54, 1.807) is 5.57 Å². The third-order valence-corrected chi connectivity index (χ3v) is 7.04. The summed E-state index contributed by atoms with van der Waals surface area (Å²) in [5, 5.41) is 10.0. The number of hydrogen-bond donors (Lipinski definition) is 3. The van der Waals surface area contributed by atoms with Crippen LogP contribution in [-0.4, -0.2) is 77.9 Å². The highest BCUT2D eigenvalue weighted by Gasteiger charge is 2.15. The van der Waals surface area contributed by atoms with Crippen LogP contribution < -0.4 is 16.0 Å². The summed E-state index contributed by atoms with van der Waals surface area (Å²) in [5.41, 5.74) is 4.24. The molecule has 1 atom stereocenters. The Bertz CT molecular complexity index is 663. The molecule has 3 N–H and O–H groups in total. The predicted molar refractivity (Wildman–Crippen MR) is 160 cm³/mol. The average Bonchev–Trinajstić information content (AvgIpc) is 2.90. The lowest BCUT2D eigenvalue weighted by Gasteiger charge is -2.25. The molecular weight excluding hydrogens is 494 g/mol. The second-order valence-electron chi connectivity index (χ2n) is 10.6. The summed E-state index contributed by atoms with van der Waals surface area (Å²) in [5.74, 6) is 0.674. The average molecular weight is 554 g/mol. The summed E-state index contributed by atoms with van der Waals surface area (Å²) in [4.78, 5) is 11.1. The Balaban J connectivity index is 1.99. The van der Waals surface area contributed by atoms with E-state index < -0.39 is 0 Å². The van der Waals surface area contributed by atoms with Crippen LogP contribution in [0.25, 0.3) is 0 Å². The van der Waals surface area contributed by atoms with Crippen molar-refractivity contribution in [3.8, 4) is 0 Å². The largest absolute Gasteiger partial charge is 0.386 e. The van der Waals surface area contributed by atoms with Gasteiger partial charge >= 0.3 is 0 Å². The third kappa shape index (κ3) is 19.2. The maximum Gasteiger partial charge on any atom is 0.219 e. The maximum absolute atomic E-state index is 11.1. The smallest absolute Gasteiger partial charge is 0.219 e. The molecule has 1 unspecified atom stereocenters. The lowest BCUT2D eigenvalue weighted by atomic mass is 9.88. The molecule has 1 saturated carbocycles. The van der Waals surface area contributed by atoms with Crippen molar-refractivity contribution in [1.82, 2.24) is 16.0 Å². The summed E-state index contributed by atoms with van der Waals surface area (Å²) < 4.78 is 22.2. The maximum atomic E-state index is 11.1. The van der Waals surface area contributed by atoms with E-state index >= 15 is 0 Å². The Morgan fingerprint density at radius 2 is 1.36 bits per heavy atom. The van der Waals surface area contributed by atoms with Gasteiger partial charge in [0, 0.05) is 36.9 Å². The van der Waals surface area contributed by atoms with Crippen molar-refractivity contribution in [2.45, 2.75) is 97.9 Å². The van der Waals surface area contributed by atoms with Crippen molar-refractivity contribution in [2.75, 3.05) is 65.9 Å². The fourth-order valence-corrected chi connectivity index (χ4v) is 4.25. The highest BCUT2D eigenvalue weighted by atomic mass is 16.6. The third-order valence-electron chi connectivity index (χ3n) is 7.04. The topological polar surface area (TPSA) is 90.1 Å². The number of rotatable bonds is 27. The van der Waals surface area contributed by atoms with E-state index in [4.69, 9.17) is 18.9 Å². The van der Waals surface area contributed by atoms with Crippen LogP contribution in [0, 0.1) is 5.92 Å². The van der Waals surface area contributed by atoms with Gasteiger partial charge in [-0.05, 0) is 50.9 Å². The van der Waals surface area contributed by atoms with Crippen molar-refractivity contribution in [2.24, 2.45) is 5.92 Å². The molecule has 1 amide bonds. The Hall–Kier alpha value is -1.61. The number of nitrogens with one attached hydrogen (secondary N) is 3. The van der Waals surface area contributed by atoms with Gasteiger partial charge in [0.25, 0.3) is 0 Å². The molecule has 1 rings (SSSR count). The van der Waals surface area contributed by atoms with Crippen molar-refractivity contribution >= 4 is 5.91 Å². The number of ether oxygens (including phenoxy) is 4. The zero-order valence-corrected chi connectivity index (χ0v) is 25.5. The van der Waals surface area contributed by atoms with Gasteiger partial charge in [-0.3, -0.25) is 4.79 Å². The molecule has 0 saturated heterocycles. The van der Waals surface area contributed by atoms with Gasteiger partial charge in [-0.2, -0.15) is 0 Å². The van der Waals surface area contributed by atoms with Gasteiger partial charge in [0.05, 0.1) is 52.9 Å². The summed E-state index contributed by atoms with van der Waals surface area (Å²) in [6, 6.07) is 0.533. The molecular formula is C31H59N3O5. The second kappa shape index (κ2) is 24.2. The van der Waals surface area contributed by atoms with Crippen LogP contribution in [0.15, 0.2) is 23.5 Å². The van der Waals surface area contributed by atoms with Crippen LogP contribution in [-0.2, 0) is 23.7 Å². The standard InChI is InChI=1S/C31H59N3O5/c1-6-27(5)34-29(26(3)4)14-9-8-10-15-30(28-12-11-13-28)32-16-18-36-20-22-38-24-25-39-23-21-37-19-17-33-31(35)7-2/h26,29,32,34H,5-25H2,1-4H3,(H,33,35). The van der Waals surface area contributed by atoms with Gasteiger partial charge in [-0.15, -0.1) is 0 Å². The fraction of sp³-hybridized carbons (Fsp3) is 0.839. The van der Waals surface area contributed by atoms with E-state index in [0.717, 1.165) is 25.1 Å². The fourth-order valence-electron chi connectivity index (χ4n) is 4.25. The second-order valence-corrected chi connectivity index (χ2v) is 10.6. The molecule has 0 aromatic rings. The van der Waals surface area contributed by atoms with Crippen molar-refractivity contribution < 1.29 is 23.7 Å². The van der Waals surface area contributed by atoms with Crippen molar-refractivity contribution in [3.05, 3.63) is 23.5 Å². The molecule has 1 aliphatic rings. The van der Waals surface area contributed by atoms with Crippen LogP contribution in [0.5, 0.6) is 0 Å². The minimum Gasteiger partial charge on any atom is -0.386 e. The number of allylic oxidation sites excluding steroid dienone is 3. The first-order valence-corrected chi connectivity index (χ1v) is 15.4. The number of unbranched alkanes of at least 4 members (excludes halogenated alkanes) is 2. The molecule has 0 radical (unpaired) electrons. The predicted octanol–water partition coefficient (Wildman–Crippen LogP) is 5.10. The molecule has 8 heteroatoms. The van der Waals surface area contributed by atoms with E-state index in [-0.39, 0.29) is 5.91 Å². The summed E-state index contributed by atoms with van der Waals surface area (Å²) in [6.07, 6.45) is 11.5. The van der Waals surface area contributed by atoms with Crippen LogP contribution >= 0.6 is 0 Å². The Kier molecular flexibility index (Phi) is 22.0. The Morgan fingerprint density at radius 1 is 0.795 bits per heavy atom. The zero-order valence-electron chi connectivity index (χ0n) is 25.5. The Morgan fingerprint density at radius 3 is 1.85 bits per heavy atom. The first-order valence-electron chi connectivity index (χ1n) is 15.4. The van der Waals surface area contributed by atoms with E-state index in [0.29, 0.717) is 77.8 Å². The Labute approximate surface area is 239 Å². The summed E-state index contributed by atoms with van der Waals surface area (Å²) >= 11 is 0.